The van der Waals surface area contributed by atoms with E-state index in [1.165, 1.54) is 38.6 Å². The highest BCUT2D eigenvalue weighted by Crippen LogP contribution is 2.32. The number of carbonyl (C=O) groups excluding carboxylic acids is 4. The molecule has 0 aliphatic heterocycles. The van der Waals surface area contributed by atoms with Gasteiger partial charge in [0.05, 0.1) is 22.3 Å². The van der Waals surface area contributed by atoms with Crippen LogP contribution in [0.4, 0.5) is 0 Å². The number of aromatic nitrogens is 2. The Hall–Kier alpha value is -5.80. The molecule has 0 saturated heterocycles. The Morgan fingerprint density at radius 3 is 1.07 bits per heavy atom. The van der Waals surface area contributed by atoms with Crippen LogP contribution < -0.4 is 32.4 Å². The van der Waals surface area contributed by atoms with Gasteiger partial charge in [0.25, 0.3) is 34.7 Å². The fourth-order valence-electron chi connectivity index (χ4n) is 3.63. The molecule has 0 radical (unpaired) electrons. The molecule has 8 N–H and O–H groups in total. The monoisotopic (exact) mass is 584 g/mol. The summed E-state index contributed by atoms with van der Waals surface area (Å²) in [7, 11) is 2.81. The van der Waals surface area contributed by atoms with E-state index < -0.39 is 57.7 Å². The first-order valence-corrected chi connectivity index (χ1v) is 12.3. The number of aryl methyl sites for hydroxylation is 2. The molecule has 0 spiro atoms. The number of hydrogen-bond acceptors (Lipinski definition) is 10. The molecule has 0 atom stereocenters. The average molecular weight is 585 g/mol. The summed E-state index contributed by atoms with van der Waals surface area (Å²) in [4.78, 5) is 72.7. The van der Waals surface area contributed by atoms with Crippen molar-refractivity contribution < 1.29 is 39.6 Å². The molecule has 2 heterocycles. The summed E-state index contributed by atoms with van der Waals surface area (Å²) in [6.07, 6.45) is 2.61. The van der Waals surface area contributed by atoms with Crippen LogP contribution in [-0.2, 0) is 14.1 Å². The number of aromatic hydroxyl groups is 4. The second-order valence-electron chi connectivity index (χ2n) is 8.87. The predicted octanol–water partition coefficient (Wildman–Crippen LogP) is -1.77. The Bertz CT molecular complexity index is 1550. The van der Waals surface area contributed by atoms with Crippen molar-refractivity contribution in [1.29, 1.82) is 0 Å². The molecule has 0 fully saturated rings. The number of nitrogens with one attached hydrogen (secondary N) is 4. The van der Waals surface area contributed by atoms with E-state index in [1.807, 2.05) is 0 Å². The molecule has 42 heavy (non-hydrogen) atoms. The van der Waals surface area contributed by atoms with Gasteiger partial charge in [-0.25, -0.2) is 0 Å². The van der Waals surface area contributed by atoms with Gasteiger partial charge in [0, 0.05) is 52.7 Å². The highest BCUT2D eigenvalue weighted by molar-refractivity contribution is 6.03. The van der Waals surface area contributed by atoms with Gasteiger partial charge in [-0.2, -0.15) is 0 Å². The zero-order valence-electron chi connectivity index (χ0n) is 22.4. The summed E-state index contributed by atoms with van der Waals surface area (Å²) < 4.78 is 2.18. The third-order valence-corrected chi connectivity index (χ3v) is 6.01. The van der Waals surface area contributed by atoms with E-state index in [1.54, 1.807) is 0 Å². The topological polar surface area (TPSA) is 241 Å². The number of rotatable bonds is 10. The summed E-state index contributed by atoms with van der Waals surface area (Å²) in [5.41, 5.74) is -2.72. The quantitative estimate of drug-likeness (QED) is 0.0984. The molecular weight excluding hydrogens is 556 g/mol. The van der Waals surface area contributed by atoms with Crippen molar-refractivity contribution in [2.24, 2.45) is 14.1 Å². The van der Waals surface area contributed by atoms with Gasteiger partial charge in [-0.05, 0) is 24.3 Å². The maximum atomic E-state index is 12.4. The first-order chi connectivity index (χ1) is 19.8. The fraction of sp³-hybridized carbons (Fsp3) is 0.231. The van der Waals surface area contributed by atoms with E-state index in [0.29, 0.717) is 0 Å². The van der Waals surface area contributed by atoms with Crippen molar-refractivity contribution in [2.45, 2.75) is 0 Å². The van der Waals surface area contributed by atoms with E-state index in [0.717, 1.165) is 21.3 Å². The molecule has 0 saturated carbocycles. The molecular formula is C26H28N6O10. The van der Waals surface area contributed by atoms with E-state index >= 15 is 0 Å². The number of phenolic OH excluding ortho intramolecular Hbond substituents is 2. The van der Waals surface area contributed by atoms with Crippen LogP contribution in [0.15, 0.2) is 46.2 Å². The normalized spacial score (nSPS) is 10.5. The van der Waals surface area contributed by atoms with Crippen LogP contribution in [0, 0.1) is 0 Å². The van der Waals surface area contributed by atoms with Crippen molar-refractivity contribution in [1.82, 2.24) is 30.4 Å². The third kappa shape index (κ3) is 6.67. The molecule has 4 amide bonds. The Kier molecular flexibility index (Phi) is 9.54. The summed E-state index contributed by atoms with van der Waals surface area (Å²) >= 11 is 0. The number of carbonyl (C=O) groups is 4. The zero-order chi connectivity index (χ0) is 31.1. The molecule has 16 heteroatoms. The average Bonchev–Trinajstić information content (AvgIpc) is 2.96. The number of nitrogens with zero attached hydrogens (tertiary/aromatic N) is 2. The Labute approximate surface area is 236 Å². The molecule has 0 aliphatic rings. The Morgan fingerprint density at radius 1 is 0.524 bits per heavy atom. The molecule has 0 aliphatic carbocycles. The van der Waals surface area contributed by atoms with Gasteiger partial charge >= 0.3 is 0 Å². The molecule has 3 rings (SSSR count). The number of benzene rings is 1. The van der Waals surface area contributed by atoms with Crippen LogP contribution >= 0.6 is 0 Å². The second-order valence-corrected chi connectivity index (χ2v) is 8.87. The maximum Gasteiger partial charge on any atom is 0.293 e. The van der Waals surface area contributed by atoms with Crippen LogP contribution in [0.1, 0.15) is 41.4 Å². The summed E-state index contributed by atoms with van der Waals surface area (Å²) in [5, 5.41) is 49.8. The molecule has 2 aromatic heterocycles. The molecule has 1 aromatic carbocycles. The molecule has 0 unspecified atom stereocenters. The van der Waals surface area contributed by atoms with Crippen molar-refractivity contribution in [3.8, 4) is 23.0 Å². The van der Waals surface area contributed by atoms with Gasteiger partial charge in [-0.1, -0.05) is 0 Å². The summed E-state index contributed by atoms with van der Waals surface area (Å²) in [6, 6.07) is 4.69. The van der Waals surface area contributed by atoms with Crippen LogP contribution in [0.25, 0.3) is 0 Å². The molecule has 16 nitrogen and oxygen atoms in total. The lowest BCUT2D eigenvalue weighted by molar-refractivity contribution is 0.0920. The van der Waals surface area contributed by atoms with E-state index in [2.05, 4.69) is 21.3 Å². The lowest BCUT2D eigenvalue weighted by Gasteiger charge is -2.12. The zero-order valence-corrected chi connectivity index (χ0v) is 22.4. The SMILES string of the molecule is Cn1ccc(C(=O)NCCNC(=O)c2ccc(C(=O)NCCNC(=O)c3ccn(C)c(=O)c3O)c(O)c2O)c(O)c1=O. The molecule has 3 aromatic rings. The fourth-order valence-corrected chi connectivity index (χ4v) is 3.63. The van der Waals surface area contributed by atoms with Gasteiger partial charge < -0.3 is 50.8 Å². The smallest absolute Gasteiger partial charge is 0.293 e. The van der Waals surface area contributed by atoms with E-state index in [9.17, 15) is 49.2 Å². The number of amides is 4. The maximum absolute atomic E-state index is 12.4. The minimum atomic E-state index is -0.872. The second kappa shape index (κ2) is 13.0. The van der Waals surface area contributed by atoms with Crippen LogP contribution in [-0.4, -0.2) is 79.4 Å². The highest BCUT2D eigenvalue weighted by atomic mass is 16.3. The van der Waals surface area contributed by atoms with Gasteiger partial charge in [0.1, 0.15) is 0 Å². The Balaban J connectivity index is 1.50. The van der Waals surface area contributed by atoms with Gasteiger partial charge in [0.15, 0.2) is 23.0 Å². The number of pyridine rings is 2. The van der Waals surface area contributed by atoms with Gasteiger partial charge in [0.2, 0.25) is 0 Å². The lowest BCUT2D eigenvalue weighted by Crippen LogP contribution is -2.35. The van der Waals surface area contributed by atoms with Crippen molar-refractivity contribution >= 4 is 23.6 Å². The first kappa shape index (κ1) is 30.7. The van der Waals surface area contributed by atoms with Crippen LogP contribution in [0.3, 0.4) is 0 Å². The minimum Gasteiger partial charge on any atom is -0.504 e. The van der Waals surface area contributed by atoms with Crippen molar-refractivity contribution in [2.75, 3.05) is 26.2 Å². The van der Waals surface area contributed by atoms with Gasteiger partial charge in [-0.3, -0.25) is 28.8 Å². The van der Waals surface area contributed by atoms with Crippen molar-refractivity contribution in [3.05, 3.63) is 79.6 Å². The van der Waals surface area contributed by atoms with Gasteiger partial charge in [-0.15, -0.1) is 0 Å². The minimum absolute atomic E-state index is 0.108. The number of phenols is 2. The predicted molar refractivity (Wildman–Crippen MR) is 146 cm³/mol. The van der Waals surface area contributed by atoms with E-state index in [-0.39, 0.29) is 48.4 Å². The standard InChI is InChI=1S/C26H28N6O10/c1-31-11-5-15(19(35)25(31)41)23(39)29-9-7-27-21(37)13-3-4-14(18(34)17(13)33)22(38)28-8-10-30-24(40)16-6-12-32(2)26(42)20(16)36/h3-6,11-12,33-36H,7-10H2,1-2H3,(H,27,37)(H,28,38)(H,29,39)(H,30,40). The van der Waals surface area contributed by atoms with Crippen LogP contribution in [0.2, 0.25) is 0 Å². The largest absolute Gasteiger partial charge is 0.504 e. The summed E-state index contributed by atoms with van der Waals surface area (Å²) in [5.74, 6) is -6.36. The Morgan fingerprint density at radius 2 is 0.786 bits per heavy atom. The number of hydrogen-bond donors (Lipinski definition) is 8. The van der Waals surface area contributed by atoms with Crippen molar-refractivity contribution in [3.63, 3.8) is 0 Å². The molecule has 222 valence electrons. The molecule has 0 bridgehead atoms. The first-order valence-electron chi connectivity index (χ1n) is 12.3. The van der Waals surface area contributed by atoms with Crippen LogP contribution in [0.5, 0.6) is 23.0 Å². The summed E-state index contributed by atoms with van der Waals surface area (Å²) in [6.45, 7) is -0.466. The third-order valence-electron chi connectivity index (χ3n) is 6.01. The lowest BCUT2D eigenvalue weighted by atomic mass is 10.1. The highest BCUT2D eigenvalue weighted by Gasteiger charge is 2.21. The van der Waals surface area contributed by atoms with E-state index in [4.69, 9.17) is 0 Å².